The Balaban J connectivity index is 1.21. The first-order valence-corrected chi connectivity index (χ1v) is 11.2. The maximum Gasteiger partial charge on any atom is 0.228 e. The molecule has 0 atom stereocenters. The molecule has 1 saturated heterocycles. The Morgan fingerprint density at radius 2 is 2.03 bits per heavy atom. The number of nitrogens with zero attached hydrogens (tertiary/aromatic N) is 3. The monoisotopic (exact) mass is 433 g/mol. The number of nitrogens with one attached hydrogen (secondary N) is 2. The number of pyridine rings is 1. The van der Waals surface area contributed by atoms with E-state index < -0.39 is 0 Å². The minimum absolute atomic E-state index is 0.00387. The van der Waals surface area contributed by atoms with Crippen LogP contribution in [0.5, 0.6) is 5.75 Å². The van der Waals surface area contributed by atoms with E-state index in [9.17, 15) is 9.90 Å². The maximum absolute atomic E-state index is 12.8. The molecule has 5 rings (SSSR count). The van der Waals surface area contributed by atoms with Gasteiger partial charge in [0.2, 0.25) is 5.91 Å². The number of phenols is 1. The number of phenolic OH excluding ortho intramolecular Hbond substituents is 1. The maximum atomic E-state index is 12.8. The van der Waals surface area contributed by atoms with Gasteiger partial charge in [0, 0.05) is 35.3 Å². The molecule has 0 radical (unpaired) electrons. The number of para-hydroxylation sites is 1. The molecule has 31 heavy (non-hydrogen) atoms. The van der Waals surface area contributed by atoms with Gasteiger partial charge in [0.1, 0.15) is 17.1 Å². The van der Waals surface area contributed by atoms with Crippen LogP contribution < -0.4 is 10.2 Å². The summed E-state index contributed by atoms with van der Waals surface area (Å²) >= 11 is 1.69. The molecule has 1 aliphatic heterocycles. The summed E-state index contributed by atoms with van der Waals surface area (Å²) in [5.74, 6) is 1.51. The topological polar surface area (TPSA) is 94.1 Å². The van der Waals surface area contributed by atoms with Gasteiger partial charge in [0.15, 0.2) is 5.82 Å². The molecule has 3 aromatic heterocycles. The minimum atomic E-state index is -0.0609. The average molecular weight is 434 g/mol. The largest absolute Gasteiger partial charge is 0.506 e. The van der Waals surface area contributed by atoms with Crippen LogP contribution in [0.1, 0.15) is 17.7 Å². The van der Waals surface area contributed by atoms with E-state index in [-0.39, 0.29) is 17.6 Å². The lowest BCUT2D eigenvalue weighted by atomic mass is 9.96. The number of anilines is 2. The normalized spacial score (nSPS) is 14.8. The number of hydrogen-bond acceptors (Lipinski definition) is 6. The van der Waals surface area contributed by atoms with Crippen molar-refractivity contribution in [2.24, 2.45) is 5.92 Å². The van der Waals surface area contributed by atoms with E-state index >= 15 is 0 Å². The third-order valence-corrected chi connectivity index (χ3v) is 6.74. The van der Waals surface area contributed by atoms with Gasteiger partial charge in [-0.25, -0.2) is 4.98 Å². The molecule has 4 heterocycles. The van der Waals surface area contributed by atoms with E-state index in [2.05, 4.69) is 44.5 Å². The first-order chi connectivity index (χ1) is 15.1. The molecule has 0 aliphatic carbocycles. The Hall–Kier alpha value is -3.39. The highest BCUT2D eigenvalue weighted by molar-refractivity contribution is 7.15. The molecule has 8 heteroatoms. The first kappa shape index (κ1) is 19.6. The molecule has 7 nitrogen and oxygen atoms in total. The van der Waals surface area contributed by atoms with Gasteiger partial charge < -0.3 is 15.3 Å². The third kappa shape index (κ3) is 3.98. The summed E-state index contributed by atoms with van der Waals surface area (Å²) < 4.78 is 0. The fourth-order valence-corrected chi connectivity index (χ4v) is 4.82. The highest BCUT2D eigenvalue weighted by Crippen LogP contribution is 2.29. The Morgan fingerprint density at radius 3 is 2.81 bits per heavy atom. The second kappa shape index (κ2) is 8.03. The highest BCUT2D eigenvalue weighted by atomic mass is 32.1. The fourth-order valence-electron chi connectivity index (χ4n) is 3.99. The van der Waals surface area contributed by atoms with Gasteiger partial charge in [-0.3, -0.25) is 9.89 Å². The molecule has 4 aromatic rings. The number of aromatic nitrogens is 3. The lowest BCUT2D eigenvalue weighted by Gasteiger charge is -2.32. The average Bonchev–Trinajstić information content (AvgIpc) is 3.43. The first-order valence-electron chi connectivity index (χ1n) is 10.3. The minimum Gasteiger partial charge on any atom is -0.506 e. The van der Waals surface area contributed by atoms with Gasteiger partial charge in [-0.15, -0.1) is 11.3 Å². The van der Waals surface area contributed by atoms with E-state index in [0.717, 1.165) is 47.7 Å². The number of benzene rings is 1. The van der Waals surface area contributed by atoms with Crippen molar-refractivity contribution in [2.45, 2.75) is 19.8 Å². The van der Waals surface area contributed by atoms with Crippen LogP contribution in [0.15, 0.2) is 48.5 Å². The summed E-state index contributed by atoms with van der Waals surface area (Å²) in [6.07, 6.45) is 1.49. The van der Waals surface area contributed by atoms with Gasteiger partial charge in [-0.2, -0.15) is 5.10 Å². The predicted molar refractivity (Wildman–Crippen MR) is 124 cm³/mol. The number of piperidine rings is 1. The van der Waals surface area contributed by atoms with Gasteiger partial charge in [-0.1, -0.05) is 12.1 Å². The zero-order valence-electron chi connectivity index (χ0n) is 17.1. The van der Waals surface area contributed by atoms with E-state index in [1.54, 1.807) is 17.4 Å². The van der Waals surface area contributed by atoms with Crippen LogP contribution in [-0.4, -0.2) is 39.3 Å². The number of aromatic amines is 1. The summed E-state index contributed by atoms with van der Waals surface area (Å²) in [6, 6.07) is 15.3. The number of aromatic hydroxyl groups is 1. The number of hydrogen-bond donors (Lipinski definition) is 3. The number of fused-ring (bicyclic) bond motifs is 1. The zero-order chi connectivity index (χ0) is 21.4. The summed E-state index contributed by atoms with van der Waals surface area (Å²) in [5.41, 5.74) is 1.52. The second-order valence-corrected chi connectivity index (χ2v) is 9.13. The molecule has 1 aromatic carbocycles. The quantitative estimate of drug-likeness (QED) is 0.439. The summed E-state index contributed by atoms with van der Waals surface area (Å²) in [4.78, 5) is 21.9. The molecule has 1 amide bonds. The molecule has 3 N–H and O–H groups in total. The number of rotatable bonds is 4. The lowest BCUT2D eigenvalue weighted by molar-refractivity contribution is -0.120. The van der Waals surface area contributed by atoms with Gasteiger partial charge in [-0.05, 0) is 50.1 Å². The van der Waals surface area contributed by atoms with Gasteiger partial charge in [0.05, 0.1) is 10.6 Å². The van der Waals surface area contributed by atoms with Crippen molar-refractivity contribution in [2.75, 3.05) is 23.3 Å². The van der Waals surface area contributed by atoms with Crippen LogP contribution in [0.3, 0.4) is 0 Å². The molecular formula is C23H23N5O2S. The van der Waals surface area contributed by atoms with Crippen molar-refractivity contribution < 1.29 is 9.90 Å². The van der Waals surface area contributed by atoms with Crippen molar-refractivity contribution in [3.8, 4) is 16.3 Å². The van der Waals surface area contributed by atoms with Gasteiger partial charge in [0.25, 0.3) is 0 Å². The molecule has 0 spiro atoms. The van der Waals surface area contributed by atoms with Crippen molar-refractivity contribution in [3.05, 3.63) is 53.4 Å². The Labute approximate surface area is 183 Å². The number of H-pyrrole nitrogens is 1. The van der Waals surface area contributed by atoms with Crippen LogP contribution in [-0.2, 0) is 4.79 Å². The molecule has 0 bridgehead atoms. The molecule has 1 fully saturated rings. The number of thiophene rings is 1. The fraction of sp³-hybridized carbons (Fsp3) is 0.261. The second-order valence-electron chi connectivity index (χ2n) is 7.85. The molecule has 0 saturated carbocycles. The van der Waals surface area contributed by atoms with Crippen LogP contribution in [0.4, 0.5) is 11.6 Å². The van der Waals surface area contributed by atoms with E-state index in [1.165, 1.54) is 4.88 Å². The van der Waals surface area contributed by atoms with Crippen LogP contribution >= 0.6 is 11.3 Å². The Kier molecular flexibility index (Phi) is 5.07. The third-order valence-electron chi connectivity index (χ3n) is 5.71. The van der Waals surface area contributed by atoms with Crippen LogP contribution in [0.25, 0.3) is 21.5 Å². The zero-order valence-corrected chi connectivity index (χ0v) is 17.9. The Bertz CT molecular complexity index is 1240. The van der Waals surface area contributed by atoms with E-state index in [1.807, 2.05) is 30.3 Å². The lowest BCUT2D eigenvalue weighted by Crippen LogP contribution is -2.38. The highest BCUT2D eigenvalue weighted by Gasteiger charge is 2.26. The van der Waals surface area contributed by atoms with Crippen LogP contribution in [0, 0.1) is 12.8 Å². The van der Waals surface area contributed by atoms with Crippen molar-refractivity contribution in [3.63, 3.8) is 0 Å². The number of aryl methyl sites for hydroxylation is 1. The summed E-state index contributed by atoms with van der Waals surface area (Å²) in [7, 11) is 0. The summed E-state index contributed by atoms with van der Waals surface area (Å²) in [6.45, 7) is 3.55. The number of amides is 1. The molecule has 0 unspecified atom stereocenters. The van der Waals surface area contributed by atoms with Crippen molar-refractivity contribution in [1.82, 2.24) is 15.2 Å². The van der Waals surface area contributed by atoms with Crippen LogP contribution in [0.2, 0.25) is 0 Å². The standard InChI is InChI=1S/C23H23N5O2S/c1-14-5-7-19(31-14)17-13-20(27-26-17)24-23(30)16-9-11-28(12-10-16)21-8-6-15-3-2-4-18(29)22(15)25-21/h2-8,13,16,29H,9-12H2,1H3,(H2,24,26,27,30). The van der Waals surface area contributed by atoms with Crippen molar-refractivity contribution in [1.29, 1.82) is 0 Å². The summed E-state index contributed by atoms with van der Waals surface area (Å²) in [5, 5.41) is 21.2. The SMILES string of the molecule is Cc1ccc(-c2cc(NC(=O)C3CCN(c4ccc5cccc(O)c5n4)CC3)n[nH]2)s1. The predicted octanol–water partition coefficient (Wildman–Crippen LogP) is 4.56. The van der Waals surface area contributed by atoms with Gasteiger partial charge >= 0.3 is 0 Å². The number of carbonyl (C=O) groups is 1. The molecular weight excluding hydrogens is 410 g/mol. The smallest absolute Gasteiger partial charge is 0.228 e. The number of carbonyl (C=O) groups excluding carboxylic acids is 1. The molecule has 1 aliphatic rings. The van der Waals surface area contributed by atoms with E-state index in [0.29, 0.717) is 11.3 Å². The van der Waals surface area contributed by atoms with E-state index in [4.69, 9.17) is 0 Å². The Morgan fingerprint density at radius 1 is 1.19 bits per heavy atom. The van der Waals surface area contributed by atoms with Crippen molar-refractivity contribution >= 4 is 39.8 Å². The molecule has 158 valence electrons.